The molecule has 0 saturated carbocycles. The Hall–Kier alpha value is -2.74. The van der Waals surface area contributed by atoms with Gasteiger partial charge in [0.2, 0.25) is 15.9 Å². The van der Waals surface area contributed by atoms with Crippen molar-refractivity contribution in [2.45, 2.75) is 26.2 Å². The lowest BCUT2D eigenvalue weighted by molar-refractivity contribution is -0.114. The van der Waals surface area contributed by atoms with E-state index in [2.05, 4.69) is 12.2 Å². The molecule has 2 aromatic rings. The fourth-order valence-corrected chi connectivity index (χ4v) is 3.90. The molecule has 0 bridgehead atoms. The van der Waals surface area contributed by atoms with E-state index in [4.69, 9.17) is 9.47 Å². The maximum Gasteiger partial charge on any atom is 0.245 e. The summed E-state index contributed by atoms with van der Waals surface area (Å²) in [4.78, 5) is 12.5. The van der Waals surface area contributed by atoms with Crippen molar-refractivity contribution in [2.24, 2.45) is 0 Å². The fourth-order valence-electron chi connectivity index (χ4n) is 3.05. The zero-order valence-corrected chi connectivity index (χ0v) is 17.5. The molecule has 3 rings (SSSR count). The van der Waals surface area contributed by atoms with Crippen molar-refractivity contribution >= 4 is 27.3 Å². The number of ether oxygens (including phenoxy) is 2. The van der Waals surface area contributed by atoms with Crippen LogP contribution in [0.25, 0.3) is 0 Å². The molecule has 1 aliphatic rings. The minimum Gasteiger partial charge on any atom is -0.486 e. The highest BCUT2D eigenvalue weighted by atomic mass is 32.2. The number of unbranched alkanes of at least 4 members (excludes halogenated alkanes) is 1. The lowest BCUT2D eigenvalue weighted by Crippen LogP contribution is -2.37. The molecule has 1 N–H and O–H groups in total. The lowest BCUT2D eigenvalue weighted by Gasteiger charge is -2.24. The van der Waals surface area contributed by atoms with Crippen LogP contribution < -0.4 is 19.1 Å². The third kappa shape index (κ3) is 5.63. The summed E-state index contributed by atoms with van der Waals surface area (Å²) in [5.74, 6) is 0.596. The normalized spacial score (nSPS) is 13.0. The number of sulfonamides is 1. The topological polar surface area (TPSA) is 84.9 Å². The number of benzene rings is 2. The predicted octanol–water partition coefficient (Wildman–Crippen LogP) is 3.21. The first kappa shape index (κ1) is 21.0. The molecule has 1 aliphatic heterocycles. The third-order valence-corrected chi connectivity index (χ3v) is 5.70. The van der Waals surface area contributed by atoms with E-state index in [9.17, 15) is 13.2 Å². The van der Waals surface area contributed by atoms with Gasteiger partial charge in [-0.15, -0.1) is 0 Å². The Bertz CT molecular complexity index is 958. The van der Waals surface area contributed by atoms with Gasteiger partial charge in [0.05, 0.1) is 11.9 Å². The average molecular weight is 419 g/mol. The molecule has 0 saturated heterocycles. The molecule has 0 radical (unpaired) electrons. The zero-order chi connectivity index (χ0) is 20.9. The number of fused-ring (bicyclic) bond motifs is 1. The maximum absolute atomic E-state index is 12.5. The van der Waals surface area contributed by atoms with Crippen molar-refractivity contribution in [2.75, 3.05) is 35.6 Å². The van der Waals surface area contributed by atoms with Gasteiger partial charge in [-0.25, -0.2) is 8.42 Å². The van der Waals surface area contributed by atoms with E-state index < -0.39 is 15.9 Å². The van der Waals surface area contributed by atoms with Gasteiger partial charge in [-0.05, 0) is 42.7 Å². The van der Waals surface area contributed by atoms with Crippen LogP contribution in [0, 0.1) is 0 Å². The molecular weight excluding hydrogens is 392 g/mol. The highest BCUT2D eigenvalue weighted by molar-refractivity contribution is 7.92. The van der Waals surface area contributed by atoms with Crippen LogP contribution in [0.5, 0.6) is 11.5 Å². The molecule has 0 fully saturated rings. The Morgan fingerprint density at radius 3 is 2.41 bits per heavy atom. The molecule has 156 valence electrons. The van der Waals surface area contributed by atoms with Crippen molar-refractivity contribution in [3.63, 3.8) is 0 Å². The Morgan fingerprint density at radius 2 is 1.76 bits per heavy atom. The molecule has 29 heavy (non-hydrogen) atoms. The fraction of sp³-hybridized carbons (Fsp3) is 0.381. The third-order valence-electron chi connectivity index (χ3n) is 4.56. The maximum atomic E-state index is 12.5. The Kier molecular flexibility index (Phi) is 6.64. The molecule has 8 heteroatoms. The van der Waals surface area contributed by atoms with E-state index in [0.29, 0.717) is 36.1 Å². The van der Waals surface area contributed by atoms with E-state index in [1.54, 1.807) is 18.2 Å². The Morgan fingerprint density at radius 1 is 1.07 bits per heavy atom. The lowest BCUT2D eigenvalue weighted by atomic mass is 10.1. The van der Waals surface area contributed by atoms with Crippen LogP contribution in [-0.2, 0) is 21.2 Å². The summed E-state index contributed by atoms with van der Waals surface area (Å²) in [6.07, 6.45) is 4.31. The van der Waals surface area contributed by atoms with Gasteiger partial charge in [0.1, 0.15) is 19.8 Å². The number of carbonyl (C=O) groups excluding carboxylic acids is 1. The van der Waals surface area contributed by atoms with Crippen molar-refractivity contribution in [3.8, 4) is 11.5 Å². The van der Waals surface area contributed by atoms with E-state index in [1.165, 1.54) is 5.56 Å². The standard InChI is InChI=1S/C21H26N2O5S/c1-3-4-5-16-6-8-17(9-7-16)22-21(24)15-23(29(2,25)26)18-10-11-19-20(14-18)28-13-12-27-19/h6-11,14H,3-5,12-13,15H2,1-2H3,(H,22,24). The number of anilines is 2. The van der Waals surface area contributed by atoms with Crippen molar-refractivity contribution in [3.05, 3.63) is 48.0 Å². The Labute approximate surface area is 171 Å². The van der Waals surface area contributed by atoms with Gasteiger partial charge in [0, 0.05) is 11.8 Å². The highest BCUT2D eigenvalue weighted by Gasteiger charge is 2.23. The van der Waals surface area contributed by atoms with Crippen LogP contribution in [0.1, 0.15) is 25.3 Å². The van der Waals surface area contributed by atoms with Gasteiger partial charge >= 0.3 is 0 Å². The molecule has 0 spiro atoms. The smallest absolute Gasteiger partial charge is 0.245 e. The van der Waals surface area contributed by atoms with Crippen molar-refractivity contribution < 1.29 is 22.7 Å². The molecule has 0 aliphatic carbocycles. The Balaban J connectivity index is 1.71. The van der Waals surface area contributed by atoms with Gasteiger partial charge in [-0.2, -0.15) is 0 Å². The highest BCUT2D eigenvalue weighted by Crippen LogP contribution is 2.34. The van der Waals surface area contributed by atoms with Gasteiger partial charge in [-0.1, -0.05) is 25.5 Å². The molecule has 0 atom stereocenters. The second kappa shape index (κ2) is 9.17. The second-order valence-corrected chi connectivity index (χ2v) is 8.85. The van der Waals surface area contributed by atoms with Crippen LogP contribution >= 0.6 is 0 Å². The number of hydrogen-bond acceptors (Lipinski definition) is 5. The summed E-state index contributed by atoms with van der Waals surface area (Å²) in [7, 11) is -3.67. The van der Waals surface area contributed by atoms with Crippen LogP contribution in [0.2, 0.25) is 0 Å². The molecule has 2 aromatic carbocycles. The quantitative estimate of drug-likeness (QED) is 0.712. The van der Waals surface area contributed by atoms with E-state index in [0.717, 1.165) is 29.8 Å². The number of aryl methyl sites for hydroxylation is 1. The summed E-state index contributed by atoms with van der Waals surface area (Å²) < 4.78 is 36.7. The largest absolute Gasteiger partial charge is 0.486 e. The number of amides is 1. The molecule has 7 nitrogen and oxygen atoms in total. The molecule has 1 amide bonds. The van der Waals surface area contributed by atoms with Crippen LogP contribution in [0.3, 0.4) is 0 Å². The summed E-state index contributed by atoms with van der Waals surface area (Å²) >= 11 is 0. The summed E-state index contributed by atoms with van der Waals surface area (Å²) in [6.45, 7) is 2.64. The minimum absolute atomic E-state index is 0.337. The van der Waals surface area contributed by atoms with E-state index >= 15 is 0 Å². The first-order chi connectivity index (χ1) is 13.9. The number of nitrogens with one attached hydrogen (secondary N) is 1. The summed E-state index contributed by atoms with van der Waals surface area (Å²) in [5.41, 5.74) is 2.19. The van der Waals surface area contributed by atoms with Crippen molar-refractivity contribution in [1.82, 2.24) is 0 Å². The van der Waals surface area contributed by atoms with Gasteiger partial charge in [0.15, 0.2) is 11.5 Å². The number of carbonyl (C=O) groups is 1. The predicted molar refractivity (Wildman–Crippen MR) is 113 cm³/mol. The first-order valence-electron chi connectivity index (χ1n) is 9.63. The van der Waals surface area contributed by atoms with Gasteiger partial charge in [0.25, 0.3) is 0 Å². The summed E-state index contributed by atoms with van der Waals surface area (Å²) in [6, 6.07) is 12.4. The molecule has 1 heterocycles. The van der Waals surface area contributed by atoms with Crippen molar-refractivity contribution in [1.29, 1.82) is 0 Å². The number of rotatable bonds is 8. The minimum atomic E-state index is -3.67. The molecule has 0 aromatic heterocycles. The number of hydrogen-bond donors (Lipinski definition) is 1. The van der Waals surface area contributed by atoms with Gasteiger partial charge < -0.3 is 14.8 Å². The monoisotopic (exact) mass is 418 g/mol. The SMILES string of the molecule is CCCCc1ccc(NC(=O)CN(c2ccc3c(c2)OCCO3)S(C)(=O)=O)cc1. The molecule has 0 unspecified atom stereocenters. The van der Waals surface area contributed by atoms with Gasteiger partial charge in [-0.3, -0.25) is 9.10 Å². The van der Waals surface area contributed by atoms with E-state index in [1.807, 2.05) is 24.3 Å². The van der Waals surface area contributed by atoms with E-state index in [-0.39, 0.29) is 6.54 Å². The first-order valence-corrected chi connectivity index (χ1v) is 11.5. The second-order valence-electron chi connectivity index (χ2n) is 6.95. The summed E-state index contributed by atoms with van der Waals surface area (Å²) in [5, 5.41) is 2.76. The van der Waals surface area contributed by atoms with Crippen LogP contribution in [-0.4, -0.2) is 40.3 Å². The van der Waals surface area contributed by atoms with Crippen LogP contribution in [0.15, 0.2) is 42.5 Å². The molecular formula is C21H26N2O5S. The zero-order valence-electron chi connectivity index (χ0n) is 16.7. The van der Waals surface area contributed by atoms with Crippen LogP contribution in [0.4, 0.5) is 11.4 Å². The number of nitrogens with zero attached hydrogens (tertiary/aromatic N) is 1. The average Bonchev–Trinajstić information content (AvgIpc) is 2.70.